The molecule has 1 aromatic heterocycles. The molecule has 0 atom stereocenters. The Kier molecular flexibility index (Phi) is 4.06. The van der Waals surface area contributed by atoms with Gasteiger partial charge in [-0.25, -0.2) is 10.8 Å². The van der Waals surface area contributed by atoms with Gasteiger partial charge in [0.05, 0.1) is 25.5 Å². The molecule has 2 heterocycles. The fourth-order valence-electron chi connectivity index (χ4n) is 1.75. The first kappa shape index (κ1) is 12.4. The van der Waals surface area contributed by atoms with Crippen LogP contribution in [0.5, 0.6) is 0 Å². The number of aromatic nitrogens is 1. The van der Waals surface area contributed by atoms with Crippen LogP contribution >= 0.6 is 11.3 Å². The summed E-state index contributed by atoms with van der Waals surface area (Å²) < 4.78 is 5.28. The minimum absolute atomic E-state index is 0.270. The number of rotatable bonds is 3. The lowest BCUT2D eigenvalue weighted by atomic mass is 10.4. The molecule has 94 valence electrons. The number of nitrogens with one attached hydrogen (secondary N) is 1. The normalized spacial score (nSPS) is 17.1. The summed E-state index contributed by atoms with van der Waals surface area (Å²) in [6, 6.07) is 0. The van der Waals surface area contributed by atoms with Crippen LogP contribution in [0, 0.1) is 6.92 Å². The van der Waals surface area contributed by atoms with Gasteiger partial charge in [0.1, 0.15) is 9.88 Å². The molecule has 1 fully saturated rings. The second-order valence-corrected chi connectivity index (χ2v) is 4.97. The Morgan fingerprint density at radius 1 is 1.59 bits per heavy atom. The van der Waals surface area contributed by atoms with E-state index >= 15 is 0 Å². The molecule has 0 saturated carbocycles. The van der Waals surface area contributed by atoms with Gasteiger partial charge in [-0.05, 0) is 6.92 Å². The van der Waals surface area contributed by atoms with E-state index in [1.165, 1.54) is 11.3 Å². The second kappa shape index (κ2) is 5.54. The number of hydrogen-bond donors (Lipinski definition) is 2. The number of nitrogen functional groups attached to an aromatic ring is 1. The van der Waals surface area contributed by atoms with Gasteiger partial charge in [-0.2, -0.15) is 0 Å². The second-order valence-electron chi connectivity index (χ2n) is 3.88. The first-order chi connectivity index (χ1) is 8.20. The van der Waals surface area contributed by atoms with Gasteiger partial charge in [0, 0.05) is 13.1 Å². The minimum atomic E-state index is -0.270. The van der Waals surface area contributed by atoms with Crippen LogP contribution in [-0.4, -0.2) is 42.1 Å². The number of amides is 1. The lowest BCUT2D eigenvalue weighted by Gasteiger charge is -2.25. The number of carbonyl (C=O) groups excluding carboxylic acids is 1. The predicted molar refractivity (Wildman–Crippen MR) is 64.6 cm³/mol. The number of nitrogens with zero attached hydrogens (tertiary/aromatic N) is 2. The first-order valence-corrected chi connectivity index (χ1v) is 6.29. The molecule has 0 unspecified atom stereocenters. The van der Waals surface area contributed by atoms with Gasteiger partial charge in [0.15, 0.2) is 0 Å². The molecule has 1 amide bonds. The quantitative estimate of drug-likeness (QED) is 0.448. The molecular weight excluding hydrogens is 240 g/mol. The number of ether oxygens (including phenoxy) is 1. The molecule has 3 N–H and O–H groups in total. The van der Waals surface area contributed by atoms with Crippen molar-refractivity contribution in [2.24, 2.45) is 5.84 Å². The highest BCUT2D eigenvalue weighted by atomic mass is 32.1. The molecule has 0 aromatic carbocycles. The summed E-state index contributed by atoms with van der Waals surface area (Å²) in [5.41, 5.74) is 2.87. The summed E-state index contributed by atoms with van der Waals surface area (Å²) in [5, 5.41) is 0.947. The molecule has 17 heavy (non-hydrogen) atoms. The van der Waals surface area contributed by atoms with Crippen molar-refractivity contribution < 1.29 is 9.53 Å². The number of aryl methyl sites for hydroxylation is 1. The van der Waals surface area contributed by atoms with Crippen molar-refractivity contribution in [3.8, 4) is 0 Å². The smallest absolute Gasteiger partial charge is 0.277 e. The monoisotopic (exact) mass is 256 g/mol. The Balaban J connectivity index is 2.03. The molecule has 0 radical (unpaired) electrons. The van der Waals surface area contributed by atoms with Crippen LogP contribution < -0.4 is 11.3 Å². The zero-order valence-electron chi connectivity index (χ0n) is 9.73. The van der Waals surface area contributed by atoms with Crippen LogP contribution in [-0.2, 0) is 11.3 Å². The molecule has 0 aliphatic carbocycles. The van der Waals surface area contributed by atoms with Crippen LogP contribution in [0.15, 0.2) is 0 Å². The fraction of sp³-hybridized carbons (Fsp3) is 0.600. The molecule has 6 nitrogen and oxygen atoms in total. The fourth-order valence-corrected chi connectivity index (χ4v) is 2.76. The number of hydrazine groups is 1. The number of nitrogens with two attached hydrogens (primary N) is 1. The third-order valence-electron chi connectivity index (χ3n) is 2.64. The Morgan fingerprint density at radius 2 is 2.29 bits per heavy atom. The van der Waals surface area contributed by atoms with Crippen LogP contribution in [0.2, 0.25) is 0 Å². The number of thiazole rings is 1. The number of morpholine rings is 1. The van der Waals surface area contributed by atoms with Crippen LogP contribution in [0.4, 0.5) is 0 Å². The van der Waals surface area contributed by atoms with Crippen molar-refractivity contribution in [1.29, 1.82) is 0 Å². The molecule has 0 bridgehead atoms. The highest BCUT2D eigenvalue weighted by Crippen LogP contribution is 2.19. The molecule has 1 aromatic rings. The van der Waals surface area contributed by atoms with Crippen molar-refractivity contribution in [2.45, 2.75) is 13.5 Å². The molecule has 1 aliphatic heterocycles. The average molecular weight is 256 g/mol. The zero-order valence-corrected chi connectivity index (χ0v) is 10.5. The molecule has 1 saturated heterocycles. The standard InChI is InChI=1S/C10H16N4O2S/c1-7-9(10(15)13-11)17-8(12-7)6-14-2-4-16-5-3-14/h2-6,11H2,1H3,(H,13,15). The number of hydrogen-bond acceptors (Lipinski definition) is 6. The van der Waals surface area contributed by atoms with Gasteiger partial charge in [0.25, 0.3) is 5.91 Å². The Hall–Kier alpha value is -1.02. The van der Waals surface area contributed by atoms with Crippen molar-refractivity contribution in [2.75, 3.05) is 26.3 Å². The topological polar surface area (TPSA) is 80.5 Å². The van der Waals surface area contributed by atoms with Gasteiger partial charge in [0.2, 0.25) is 0 Å². The lowest BCUT2D eigenvalue weighted by molar-refractivity contribution is 0.0341. The summed E-state index contributed by atoms with van der Waals surface area (Å²) in [6.07, 6.45) is 0. The maximum Gasteiger partial charge on any atom is 0.277 e. The van der Waals surface area contributed by atoms with Crippen LogP contribution in [0.1, 0.15) is 20.4 Å². The van der Waals surface area contributed by atoms with E-state index in [0.29, 0.717) is 4.88 Å². The molecule has 1 aliphatic rings. The van der Waals surface area contributed by atoms with E-state index in [1.54, 1.807) is 0 Å². The van der Waals surface area contributed by atoms with Crippen molar-refractivity contribution in [1.82, 2.24) is 15.3 Å². The summed E-state index contributed by atoms with van der Waals surface area (Å²) in [5.74, 6) is 4.85. The SMILES string of the molecule is Cc1nc(CN2CCOCC2)sc1C(=O)NN. The molecular formula is C10H16N4O2S. The van der Waals surface area contributed by atoms with Crippen LogP contribution in [0.25, 0.3) is 0 Å². The van der Waals surface area contributed by atoms with Gasteiger partial charge in [-0.15, -0.1) is 11.3 Å². The predicted octanol–water partition coefficient (Wildman–Crippen LogP) is -0.113. The van der Waals surface area contributed by atoms with Crippen molar-refractivity contribution >= 4 is 17.2 Å². The summed E-state index contributed by atoms with van der Waals surface area (Å²) in [6.45, 7) is 5.95. The third kappa shape index (κ3) is 3.01. The third-order valence-corrected chi connectivity index (χ3v) is 3.78. The molecule has 7 heteroatoms. The summed E-state index contributed by atoms with van der Waals surface area (Å²) in [7, 11) is 0. The van der Waals surface area contributed by atoms with Gasteiger partial charge < -0.3 is 4.74 Å². The summed E-state index contributed by atoms with van der Waals surface area (Å²) >= 11 is 1.40. The van der Waals surface area contributed by atoms with E-state index in [4.69, 9.17) is 10.6 Å². The van der Waals surface area contributed by atoms with E-state index in [9.17, 15) is 4.79 Å². The van der Waals surface area contributed by atoms with E-state index in [2.05, 4.69) is 15.3 Å². The molecule has 2 rings (SSSR count). The average Bonchev–Trinajstić information content (AvgIpc) is 2.70. The van der Waals surface area contributed by atoms with E-state index in [-0.39, 0.29) is 5.91 Å². The van der Waals surface area contributed by atoms with E-state index in [0.717, 1.165) is 43.5 Å². The van der Waals surface area contributed by atoms with Gasteiger partial charge in [-0.3, -0.25) is 15.1 Å². The van der Waals surface area contributed by atoms with E-state index in [1.807, 2.05) is 6.92 Å². The zero-order chi connectivity index (χ0) is 12.3. The largest absolute Gasteiger partial charge is 0.379 e. The Labute approximate surface area is 104 Å². The highest BCUT2D eigenvalue weighted by molar-refractivity contribution is 7.13. The Bertz CT molecular complexity index is 401. The van der Waals surface area contributed by atoms with E-state index < -0.39 is 0 Å². The lowest BCUT2D eigenvalue weighted by Crippen LogP contribution is -2.35. The highest BCUT2D eigenvalue weighted by Gasteiger charge is 2.17. The Morgan fingerprint density at radius 3 is 2.94 bits per heavy atom. The van der Waals surface area contributed by atoms with Crippen LogP contribution in [0.3, 0.4) is 0 Å². The van der Waals surface area contributed by atoms with Crippen molar-refractivity contribution in [3.63, 3.8) is 0 Å². The number of carbonyl (C=O) groups is 1. The van der Waals surface area contributed by atoms with Gasteiger partial charge in [-0.1, -0.05) is 0 Å². The van der Waals surface area contributed by atoms with Crippen molar-refractivity contribution in [3.05, 3.63) is 15.6 Å². The van der Waals surface area contributed by atoms with Gasteiger partial charge >= 0.3 is 0 Å². The maximum absolute atomic E-state index is 11.4. The first-order valence-electron chi connectivity index (χ1n) is 5.48. The molecule has 0 spiro atoms. The maximum atomic E-state index is 11.4. The summed E-state index contributed by atoms with van der Waals surface area (Å²) in [4.78, 5) is 18.7. The minimum Gasteiger partial charge on any atom is -0.379 e.